The van der Waals surface area contributed by atoms with Crippen molar-refractivity contribution >= 4 is 11.8 Å². The fourth-order valence-electron chi connectivity index (χ4n) is 1.38. The normalized spacial score (nSPS) is 16.1. The Balaban J connectivity index is 2.16. The predicted molar refractivity (Wildman–Crippen MR) is 54.0 cm³/mol. The molecular formula is C8H14N4OS. The Bertz CT molecular complexity index is 310. The van der Waals surface area contributed by atoms with E-state index in [9.17, 15) is 0 Å². The zero-order valence-corrected chi connectivity index (χ0v) is 8.70. The summed E-state index contributed by atoms with van der Waals surface area (Å²) in [7, 11) is 0. The average Bonchev–Trinajstić information content (AvgIpc) is 2.96. The van der Waals surface area contributed by atoms with Crippen molar-refractivity contribution in [1.29, 1.82) is 0 Å². The SMILES string of the molecule is NCc1nnc(SCCO)n1C1CC1. The van der Waals surface area contributed by atoms with Gasteiger partial charge in [0.2, 0.25) is 0 Å². The highest BCUT2D eigenvalue weighted by Gasteiger charge is 2.28. The van der Waals surface area contributed by atoms with E-state index < -0.39 is 0 Å². The van der Waals surface area contributed by atoms with Crippen LogP contribution in [0.4, 0.5) is 0 Å². The molecule has 1 heterocycles. The summed E-state index contributed by atoms with van der Waals surface area (Å²) in [4.78, 5) is 0. The van der Waals surface area contributed by atoms with Crippen molar-refractivity contribution in [3.8, 4) is 0 Å². The summed E-state index contributed by atoms with van der Waals surface area (Å²) in [6.07, 6.45) is 2.38. The number of aliphatic hydroxyl groups is 1. The van der Waals surface area contributed by atoms with Gasteiger partial charge >= 0.3 is 0 Å². The minimum atomic E-state index is 0.167. The highest BCUT2D eigenvalue weighted by Crippen LogP contribution is 2.38. The molecule has 2 rings (SSSR count). The summed E-state index contributed by atoms with van der Waals surface area (Å²) in [6, 6.07) is 0.546. The summed E-state index contributed by atoms with van der Waals surface area (Å²) >= 11 is 1.54. The van der Waals surface area contributed by atoms with Crippen molar-refractivity contribution < 1.29 is 5.11 Å². The predicted octanol–water partition coefficient (Wildman–Crippen LogP) is 0.156. The number of nitrogens with two attached hydrogens (primary N) is 1. The van der Waals surface area contributed by atoms with Crippen LogP contribution in [-0.4, -0.2) is 32.2 Å². The minimum Gasteiger partial charge on any atom is -0.396 e. The summed E-state index contributed by atoms with van der Waals surface area (Å²) in [6.45, 7) is 0.601. The molecule has 78 valence electrons. The van der Waals surface area contributed by atoms with Crippen molar-refractivity contribution in [2.24, 2.45) is 5.73 Å². The quantitative estimate of drug-likeness (QED) is 0.683. The topological polar surface area (TPSA) is 77.0 Å². The summed E-state index contributed by atoms with van der Waals surface area (Å²) in [5.74, 6) is 1.52. The van der Waals surface area contributed by atoms with Gasteiger partial charge < -0.3 is 15.4 Å². The van der Waals surface area contributed by atoms with Crippen LogP contribution in [0, 0.1) is 0 Å². The van der Waals surface area contributed by atoms with Gasteiger partial charge in [0.15, 0.2) is 5.16 Å². The van der Waals surface area contributed by atoms with E-state index in [2.05, 4.69) is 14.8 Å². The van der Waals surface area contributed by atoms with E-state index in [0.717, 1.165) is 11.0 Å². The maximum Gasteiger partial charge on any atom is 0.191 e. The largest absolute Gasteiger partial charge is 0.396 e. The van der Waals surface area contributed by atoms with E-state index in [0.29, 0.717) is 18.3 Å². The number of nitrogens with zero attached hydrogens (tertiary/aromatic N) is 3. The van der Waals surface area contributed by atoms with Gasteiger partial charge in [0, 0.05) is 11.8 Å². The fourth-order valence-corrected chi connectivity index (χ4v) is 2.15. The number of rotatable bonds is 5. The van der Waals surface area contributed by atoms with Crippen LogP contribution in [0.15, 0.2) is 5.16 Å². The van der Waals surface area contributed by atoms with Gasteiger partial charge in [-0.3, -0.25) is 0 Å². The van der Waals surface area contributed by atoms with Gasteiger partial charge in [-0.2, -0.15) is 0 Å². The van der Waals surface area contributed by atoms with E-state index >= 15 is 0 Å². The Kier molecular flexibility index (Phi) is 3.05. The molecule has 1 aliphatic carbocycles. The Morgan fingerprint density at radius 1 is 1.50 bits per heavy atom. The van der Waals surface area contributed by atoms with Gasteiger partial charge in [-0.15, -0.1) is 10.2 Å². The lowest BCUT2D eigenvalue weighted by atomic mass is 10.5. The van der Waals surface area contributed by atoms with Gasteiger partial charge in [-0.05, 0) is 12.8 Å². The van der Waals surface area contributed by atoms with Crippen molar-refractivity contribution in [2.45, 2.75) is 30.6 Å². The van der Waals surface area contributed by atoms with Crippen LogP contribution < -0.4 is 5.73 Å². The number of thioether (sulfide) groups is 1. The number of hydrogen-bond acceptors (Lipinski definition) is 5. The molecule has 1 aliphatic rings. The molecule has 0 unspecified atom stereocenters. The second-order valence-electron chi connectivity index (χ2n) is 3.28. The van der Waals surface area contributed by atoms with Crippen LogP contribution in [0.5, 0.6) is 0 Å². The summed E-state index contributed by atoms with van der Waals surface area (Å²) in [5, 5.41) is 17.7. The van der Waals surface area contributed by atoms with E-state index in [-0.39, 0.29) is 6.61 Å². The fraction of sp³-hybridized carbons (Fsp3) is 0.750. The second kappa shape index (κ2) is 4.29. The summed E-state index contributed by atoms with van der Waals surface area (Å²) in [5.41, 5.74) is 5.58. The maximum absolute atomic E-state index is 8.73. The molecule has 0 aliphatic heterocycles. The highest BCUT2D eigenvalue weighted by molar-refractivity contribution is 7.99. The van der Waals surface area contributed by atoms with Gasteiger partial charge in [0.05, 0.1) is 13.2 Å². The van der Waals surface area contributed by atoms with Crippen LogP contribution >= 0.6 is 11.8 Å². The lowest BCUT2D eigenvalue weighted by molar-refractivity contribution is 0.322. The first kappa shape index (κ1) is 9.95. The Morgan fingerprint density at radius 3 is 2.86 bits per heavy atom. The van der Waals surface area contributed by atoms with Crippen LogP contribution in [0.1, 0.15) is 24.7 Å². The zero-order chi connectivity index (χ0) is 9.97. The lowest BCUT2D eigenvalue weighted by Crippen LogP contribution is -2.08. The van der Waals surface area contributed by atoms with Gasteiger partial charge in [-0.1, -0.05) is 11.8 Å². The van der Waals surface area contributed by atoms with Crippen LogP contribution in [0.2, 0.25) is 0 Å². The van der Waals surface area contributed by atoms with Crippen LogP contribution in [0.25, 0.3) is 0 Å². The molecule has 6 heteroatoms. The summed E-state index contributed by atoms with van der Waals surface area (Å²) < 4.78 is 2.11. The third kappa shape index (κ3) is 1.92. The average molecular weight is 214 g/mol. The molecule has 14 heavy (non-hydrogen) atoms. The van der Waals surface area contributed by atoms with E-state index in [1.54, 1.807) is 0 Å². The van der Waals surface area contributed by atoms with Crippen molar-refractivity contribution in [3.63, 3.8) is 0 Å². The number of aliphatic hydroxyl groups excluding tert-OH is 1. The molecular weight excluding hydrogens is 200 g/mol. The second-order valence-corrected chi connectivity index (χ2v) is 4.34. The van der Waals surface area contributed by atoms with Crippen LogP contribution in [-0.2, 0) is 6.54 Å². The highest BCUT2D eigenvalue weighted by atomic mass is 32.2. The molecule has 1 saturated carbocycles. The first-order chi connectivity index (χ1) is 6.86. The Hall–Kier alpha value is -0.590. The smallest absolute Gasteiger partial charge is 0.191 e. The van der Waals surface area contributed by atoms with Crippen molar-refractivity contribution in [2.75, 3.05) is 12.4 Å². The molecule has 0 bridgehead atoms. The first-order valence-electron chi connectivity index (χ1n) is 4.74. The monoisotopic (exact) mass is 214 g/mol. The maximum atomic E-state index is 8.73. The molecule has 0 radical (unpaired) electrons. The van der Waals surface area contributed by atoms with Gasteiger partial charge in [0.1, 0.15) is 5.82 Å². The van der Waals surface area contributed by atoms with Gasteiger partial charge in [0.25, 0.3) is 0 Å². The van der Waals surface area contributed by atoms with Gasteiger partial charge in [-0.25, -0.2) is 0 Å². The zero-order valence-electron chi connectivity index (χ0n) is 7.89. The molecule has 0 saturated heterocycles. The molecule has 1 fully saturated rings. The molecule has 3 N–H and O–H groups in total. The van der Waals surface area contributed by atoms with E-state index in [1.807, 2.05) is 0 Å². The Morgan fingerprint density at radius 2 is 2.29 bits per heavy atom. The third-order valence-electron chi connectivity index (χ3n) is 2.15. The molecule has 0 spiro atoms. The molecule has 0 atom stereocenters. The third-order valence-corrected chi connectivity index (χ3v) is 3.08. The van der Waals surface area contributed by atoms with E-state index in [1.165, 1.54) is 24.6 Å². The molecule has 1 aromatic heterocycles. The van der Waals surface area contributed by atoms with E-state index in [4.69, 9.17) is 10.8 Å². The lowest BCUT2D eigenvalue weighted by Gasteiger charge is -2.06. The standard InChI is InChI=1S/C8H14N4OS/c9-5-7-10-11-8(14-4-3-13)12(7)6-1-2-6/h6,13H,1-5,9H2. The number of aromatic nitrogens is 3. The molecule has 1 aromatic rings. The Labute approximate surface area is 86.7 Å². The molecule has 0 aromatic carbocycles. The number of hydrogen-bond donors (Lipinski definition) is 2. The molecule has 0 amide bonds. The van der Waals surface area contributed by atoms with Crippen molar-refractivity contribution in [1.82, 2.24) is 14.8 Å². The van der Waals surface area contributed by atoms with Crippen molar-refractivity contribution in [3.05, 3.63) is 5.82 Å². The minimum absolute atomic E-state index is 0.167. The first-order valence-corrected chi connectivity index (χ1v) is 5.73. The molecule has 5 nitrogen and oxygen atoms in total. The van der Waals surface area contributed by atoms with Crippen LogP contribution in [0.3, 0.4) is 0 Å².